The summed E-state index contributed by atoms with van der Waals surface area (Å²) in [5.41, 5.74) is -3.91. The zero-order valence-corrected chi connectivity index (χ0v) is 43.3. The molecule has 0 amide bonds. The average molecular weight is 1170 g/mol. The molecule has 0 bridgehead atoms. The van der Waals surface area contributed by atoms with E-state index in [1.807, 2.05) is 0 Å². The first-order valence-electron chi connectivity index (χ1n) is 22.5. The third-order valence-electron chi connectivity index (χ3n) is 11.0. The van der Waals surface area contributed by atoms with Crippen LogP contribution in [0.2, 0.25) is 10.0 Å². The molecule has 416 valence electrons. The van der Waals surface area contributed by atoms with E-state index in [4.69, 9.17) is 37.4 Å². The number of aromatic nitrogens is 4. The predicted molar refractivity (Wildman–Crippen MR) is 269 cm³/mol. The number of aromatic hydroxyl groups is 1. The largest absolute Gasteiger partial charge is 0.506 e. The van der Waals surface area contributed by atoms with Crippen molar-refractivity contribution in [1.82, 2.24) is 19.6 Å². The van der Waals surface area contributed by atoms with E-state index in [2.05, 4.69) is 21.8 Å². The molecule has 8 aromatic rings. The van der Waals surface area contributed by atoms with Gasteiger partial charge in [0.15, 0.2) is 17.1 Å². The summed E-state index contributed by atoms with van der Waals surface area (Å²) < 4.78 is 180. The first-order valence-corrected chi connectivity index (χ1v) is 23.7. The molecule has 0 aliphatic heterocycles. The van der Waals surface area contributed by atoms with Crippen molar-refractivity contribution in [3.05, 3.63) is 177 Å². The summed E-state index contributed by atoms with van der Waals surface area (Å²) in [5.74, 6) is -1.70. The maximum atomic E-state index is 13.7. The minimum Gasteiger partial charge on any atom is -0.506 e. The van der Waals surface area contributed by atoms with Crippen molar-refractivity contribution in [3.63, 3.8) is 0 Å². The second kappa shape index (κ2) is 24.5. The Kier molecular flexibility index (Phi) is 18.8. The molecule has 0 saturated heterocycles. The summed E-state index contributed by atoms with van der Waals surface area (Å²) in [6, 6.07) is 30.7. The molecule has 8 rings (SSSR count). The van der Waals surface area contributed by atoms with Gasteiger partial charge in [0.25, 0.3) is 0 Å². The number of rotatable bonds is 11. The Bertz CT molecular complexity index is 3470. The molecule has 0 spiro atoms. The molecule has 25 heteroatoms. The van der Waals surface area contributed by atoms with Crippen LogP contribution in [0.3, 0.4) is 0 Å². The summed E-state index contributed by atoms with van der Waals surface area (Å²) in [5, 5.41) is 16.6. The number of ether oxygens (including phenoxy) is 3. The molecule has 0 aliphatic rings. The number of hydrogen-bond donors (Lipinski definition) is 1. The van der Waals surface area contributed by atoms with E-state index >= 15 is 0 Å². The van der Waals surface area contributed by atoms with Crippen LogP contribution in [-0.2, 0) is 61.6 Å². The van der Waals surface area contributed by atoms with Crippen molar-refractivity contribution < 1.29 is 81.6 Å². The minimum atomic E-state index is -4.82. The molecule has 0 atom stereocenters. The van der Waals surface area contributed by atoms with Gasteiger partial charge in [0, 0.05) is 39.1 Å². The van der Waals surface area contributed by atoms with Gasteiger partial charge in [0.1, 0.15) is 30.5 Å². The Balaban J connectivity index is 0.000000240. The topological polar surface area (TPSA) is 118 Å². The highest BCUT2D eigenvalue weighted by Gasteiger charge is 2.38. The fourth-order valence-corrected chi connectivity index (χ4v) is 8.02. The van der Waals surface area contributed by atoms with Gasteiger partial charge in [0.05, 0.1) is 43.7 Å². The molecule has 0 fully saturated rings. The molecule has 10 nitrogen and oxygen atoms in total. The van der Waals surface area contributed by atoms with Crippen molar-refractivity contribution in [2.75, 3.05) is 0 Å². The van der Waals surface area contributed by atoms with Crippen molar-refractivity contribution in [1.29, 1.82) is 0 Å². The van der Waals surface area contributed by atoms with Gasteiger partial charge in [-0.2, -0.15) is 62.9 Å². The highest BCUT2D eigenvalue weighted by atomic mass is 35.5. The van der Waals surface area contributed by atoms with Crippen LogP contribution >= 0.6 is 34.8 Å². The molecule has 0 aliphatic carbocycles. The number of esters is 1. The predicted octanol–water partition coefficient (Wildman–Crippen LogP) is 16.5. The number of halogens is 15. The average Bonchev–Trinajstić information content (AvgIpc) is 4.23. The van der Waals surface area contributed by atoms with Crippen molar-refractivity contribution in [2.45, 2.75) is 51.8 Å². The van der Waals surface area contributed by atoms with E-state index in [0.717, 1.165) is 63.8 Å². The van der Waals surface area contributed by atoms with Gasteiger partial charge in [0.2, 0.25) is 5.24 Å². The lowest BCUT2D eigenvalue weighted by molar-refractivity contribution is -0.142. The van der Waals surface area contributed by atoms with Gasteiger partial charge in [-0.1, -0.05) is 96.0 Å². The van der Waals surface area contributed by atoms with Gasteiger partial charge >= 0.3 is 30.7 Å². The Morgan fingerprint density at radius 1 is 0.532 bits per heavy atom. The molecule has 1 N–H and O–H groups in total. The van der Waals surface area contributed by atoms with Gasteiger partial charge in [-0.3, -0.25) is 19.0 Å². The quantitative estimate of drug-likeness (QED) is 0.0589. The summed E-state index contributed by atoms with van der Waals surface area (Å²) in [4.78, 5) is 21.3. The summed E-state index contributed by atoms with van der Waals surface area (Å²) in [6.07, 6.45) is -19.1. The number of phenolic OH excluding ortho intramolecular Hbond substituents is 1. The van der Waals surface area contributed by atoms with Crippen LogP contribution in [0, 0.1) is 0 Å². The Labute approximate surface area is 456 Å². The molecule has 0 radical (unpaired) electrons. The van der Waals surface area contributed by atoms with Crippen LogP contribution in [0.1, 0.15) is 47.5 Å². The normalized spacial score (nSPS) is 11.7. The van der Waals surface area contributed by atoms with Gasteiger partial charge < -0.3 is 19.3 Å². The third kappa shape index (κ3) is 15.3. The van der Waals surface area contributed by atoms with Crippen LogP contribution in [0.25, 0.3) is 44.8 Å². The van der Waals surface area contributed by atoms with E-state index in [1.165, 1.54) is 57.4 Å². The van der Waals surface area contributed by atoms with Gasteiger partial charge in [-0.05, 0) is 94.5 Å². The molecule has 0 unspecified atom stereocenters. The molecule has 2 aromatic heterocycles. The van der Waals surface area contributed by atoms with Crippen molar-refractivity contribution in [2.24, 2.45) is 14.1 Å². The maximum absolute atomic E-state index is 13.7. The van der Waals surface area contributed by atoms with Crippen LogP contribution in [0.5, 0.6) is 23.0 Å². The molecule has 79 heavy (non-hydrogen) atoms. The highest BCUT2D eigenvalue weighted by Crippen LogP contribution is 2.50. The highest BCUT2D eigenvalue weighted by molar-refractivity contribution is 6.62. The Hall–Kier alpha value is -7.69. The lowest BCUT2D eigenvalue weighted by atomic mass is 9.96. The van der Waals surface area contributed by atoms with E-state index in [1.54, 1.807) is 60.7 Å². The molecule has 0 saturated carbocycles. The third-order valence-corrected chi connectivity index (χ3v) is 11.7. The van der Waals surface area contributed by atoms with Crippen molar-refractivity contribution >= 4 is 46.0 Å². The first-order chi connectivity index (χ1) is 36.8. The fourth-order valence-electron chi connectivity index (χ4n) is 7.57. The Morgan fingerprint density at radius 2 is 0.911 bits per heavy atom. The first kappa shape index (κ1) is 60.5. The molecule has 2 heterocycles. The van der Waals surface area contributed by atoms with Gasteiger partial charge in [-0.15, -0.1) is 0 Å². The number of aryl methyl sites for hydroxylation is 2. The lowest BCUT2D eigenvalue weighted by Gasteiger charge is -2.20. The van der Waals surface area contributed by atoms with E-state index in [-0.39, 0.29) is 80.5 Å². The number of alkyl halides is 12. The van der Waals surface area contributed by atoms with E-state index < -0.39 is 69.0 Å². The molecular weight excluding hydrogens is 1130 g/mol. The standard InChI is InChI=1S/C27H19ClF6N2O3.C25H17ClF6N2O2.C2H3ClO/c1-15(37)39-25-18(21-13-23(27(32,33)34)35-36(21)2)9-11-22(38-14-16-6-4-3-5-7-16)24(25)17-8-10-20(28)19(12-17)26(29,30)31;1-34-19(12-21(33-34)25(30,31)32)16-8-10-20(36-13-14-5-3-2-4-6-14)22(23(16)35)15-7-9-18(26)17(11-15)24(27,28)29;1-2(3)4/h3-13H,14H2,1-2H3;2-12,35H,13H2,1H3;1H3. The van der Waals surface area contributed by atoms with Gasteiger partial charge in [-0.25, -0.2) is 0 Å². The van der Waals surface area contributed by atoms with Crippen LogP contribution in [0.4, 0.5) is 52.7 Å². The fraction of sp³-hybridized carbons (Fsp3) is 0.185. The Morgan fingerprint density at radius 3 is 1.29 bits per heavy atom. The number of benzene rings is 6. The number of phenols is 1. The summed E-state index contributed by atoms with van der Waals surface area (Å²) in [6.45, 7) is 2.37. The SMILES string of the molecule is CC(=O)Cl.CC(=O)Oc1c(-c2cc(C(F)(F)F)nn2C)ccc(OCc2ccccc2)c1-c1ccc(Cl)c(C(F)(F)F)c1.Cn1nc(C(F)(F)F)cc1-c1ccc(OCc2ccccc2)c(-c2ccc(Cl)c(C(F)(F)F)c2)c1O. The second-order valence-corrected chi connectivity index (χ2v) is 18.1. The molecule has 6 aromatic carbocycles. The maximum Gasteiger partial charge on any atom is 0.435 e. The van der Waals surface area contributed by atoms with Crippen LogP contribution in [-0.4, -0.2) is 35.9 Å². The zero-order chi connectivity index (χ0) is 58.4. The van der Waals surface area contributed by atoms with E-state index in [0.29, 0.717) is 0 Å². The van der Waals surface area contributed by atoms with Crippen LogP contribution < -0.4 is 14.2 Å². The molecular formula is C54H39Cl3F12N4O6. The monoisotopic (exact) mass is 1170 g/mol. The van der Waals surface area contributed by atoms with Crippen LogP contribution in [0.15, 0.2) is 133 Å². The second-order valence-electron chi connectivity index (χ2n) is 16.7. The lowest BCUT2D eigenvalue weighted by Crippen LogP contribution is -2.09. The minimum absolute atomic E-state index is 0.00362. The van der Waals surface area contributed by atoms with E-state index in [9.17, 15) is 67.4 Å². The number of carbonyl (C=O) groups excluding carboxylic acids is 2. The summed E-state index contributed by atoms with van der Waals surface area (Å²) >= 11 is 16.2. The van der Waals surface area contributed by atoms with Crippen molar-refractivity contribution in [3.8, 4) is 67.8 Å². The summed E-state index contributed by atoms with van der Waals surface area (Å²) in [7, 11) is 2.51. The number of hydrogen-bond acceptors (Lipinski definition) is 8. The smallest absolute Gasteiger partial charge is 0.435 e. The number of nitrogens with zero attached hydrogens (tertiary/aromatic N) is 4. The number of carbonyl (C=O) groups is 2. The zero-order valence-electron chi connectivity index (χ0n) is 41.1.